The van der Waals surface area contributed by atoms with Gasteiger partial charge < -0.3 is 10.1 Å². The van der Waals surface area contributed by atoms with Crippen molar-refractivity contribution >= 4 is 28.9 Å². The zero-order valence-corrected chi connectivity index (χ0v) is 14.9. The number of anilines is 1. The van der Waals surface area contributed by atoms with Crippen LogP contribution in [0.3, 0.4) is 0 Å². The molecule has 3 atom stereocenters. The van der Waals surface area contributed by atoms with Crippen LogP contribution in [0.5, 0.6) is 5.75 Å². The van der Waals surface area contributed by atoms with Gasteiger partial charge >= 0.3 is 0 Å². The van der Waals surface area contributed by atoms with Gasteiger partial charge in [-0.25, -0.2) is 0 Å². The topological polar surface area (TPSA) is 21.3 Å². The van der Waals surface area contributed by atoms with E-state index >= 15 is 0 Å². The van der Waals surface area contributed by atoms with Crippen LogP contribution in [0.1, 0.15) is 36.4 Å². The number of hydrogen-bond acceptors (Lipinski definition) is 2. The number of halogens is 2. The summed E-state index contributed by atoms with van der Waals surface area (Å²) in [6, 6.07) is 12.3. The van der Waals surface area contributed by atoms with Crippen LogP contribution in [-0.2, 0) is 0 Å². The maximum Gasteiger partial charge on any atom is 0.142 e. The largest absolute Gasteiger partial charge is 0.492 e. The lowest BCUT2D eigenvalue weighted by Gasteiger charge is -2.38. The quantitative estimate of drug-likeness (QED) is 0.656. The normalized spacial score (nSPS) is 24.2. The third-order valence-electron chi connectivity index (χ3n) is 4.97. The summed E-state index contributed by atoms with van der Waals surface area (Å²) in [5.41, 5.74) is 3.43. The smallest absolute Gasteiger partial charge is 0.142 e. The van der Waals surface area contributed by atoms with Crippen molar-refractivity contribution < 1.29 is 4.74 Å². The van der Waals surface area contributed by atoms with Crippen molar-refractivity contribution in [2.24, 2.45) is 5.92 Å². The van der Waals surface area contributed by atoms with Gasteiger partial charge in [0.15, 0.2) is 0 Å². The highest BCUT2D eigenvalue weighted by Gasteiger charge is 2.39. The molecule has 0 fully saturated rings. The Morgan fingerprint density at radius 3 is 2.75 bits per heavy atom. The molecule has 1 aliphatic carbocycles. The zero-order chi connectivity index (χ0) is 16.7. The van der Waals surface area contributed by atoms with Gasteiger partial charge in [0.05, 0.1) is 28.4 Å². The molecule has 0 saturated heterocycles. The van der Waals surface area contributed by atoms with Crippen LogP contribution < -0.4 is 10.1 Å². The van der Waals surface area contributed by atoms with Gasteiger partial charge in [-0.3, -0.25) is 0 Å². The molecular weight excluding hydrogens is 341 g/mol. The molecule has 0 aromatic heterocycles. The molecule has 2 nitrogen and oxygen atoms in total. The van der Waals surface area contributed by atoms with Gasteiger partial charge in [-0.05, 0) is 42.5 Å². The molecule has 124 valence electrons. The highest BCUT2D eigenvalue weighted by atomic mass is 35.5. The van der Waals surface area contributed by atoms with Crippen molar-refractivity contribution in [2.45, 2.75) is 25.3 Å². The summed E-state index contributed by atoms with van der Waals surface area (Å²) in [4.78, 5) is 0. The number of fused-ring (bicyclic) bond motifs is 3. The first kappa shape index (κ1) is 15.9. The van der Waals surface area contributed by atoms with E-state index < -0.39 is 0 Å². The van der Waals surface area contributed by atoms with E-state index in [1.165, 1.54) is 5.56 Å². The van der Waals surface area contributed by atoms with Crippen LogP contribution in [-0.4, -0.2) is 6.61 Å². The first-order valence-electron chi connectivity index (χ1n) is 8.33. The van der Waals surface area contributed by atoms with E-state index in [-0.39, 0.29) is 6.04 Å². The molecule has 2 aliphatic rings. The molecule has 0 bridgehead atoms. The number of rotatable bonds is 3. The van der Waals surface area contributed by atoms with Gasteiger partial charge in [-0.15, -0.1) is 0 Å². The summed E-state index contributed by atoms with van der Waals surface area (Å²) < 4.78 is 5.85. The fourth-order valence-corrected chi connectivity index (χ4v) is 4.36. The molecule has 4 rings (SSSR count). The Labute approximate surface area is 152 Å². The zero-order valence-electron chi connectivity index (χ0n) is 13.4. The van der Waals surface area contributed by atoms with Crippen LogP contribution in [0.4, 0.5) is 5.69 Å². The Bertz CT molecular complexity index is 802. The maximum absolute atomic E-state index is 6.52. The van der Waals surface area contributed by atoms with Gasteiger partial charge in [0.2, 0.25) is 0 Å². The molecule has 0 radical (unpaired) electrons. The molecule has 0 spiro atoms. The lowest BCUT2D eigenvalue weighted by atomic mass is 9.77. The van der Waals surface area contributed by atoms with E-state index in [4.69, 9.17) is 27.9 Å². The summed E-state index contributed by atoms with van der Waals surface area (Å²) in [7, 11) is 0. The van der Waals surface area contributed by atoms with E-state index in [0.717, 1.165) is 23.4 Å². The summed E-state index contributed by atoms with van der Waals surface area (Å²) in [5.74, 6) is 1.71. The molecule has 2 aromatic rings. The van der Waals surface area contributed by atoms with Crippen molar-refractivity contribution in [1.82, 2.24) is 0 Å². The molecule has 1 aliphatic heterocycles. The van der Waals surface area contributed by atoms with Crippen molar-refractivity contribution in [3.05, 3.63) is 69.7 Å². The summed E-state index contributed by atoms with van der Waals surface area (Å²) in [5, 5.41) is 4.94. The molecule has 0 unspecified atom stereocenters. The van der Waals surface area contributed by atoms with Crippen molar-refractivity contribution in [3.8, 4) is 5.75 Å². The van der Waals surface area contributed by atoms with Gasteiger partial charge in [0.1, 0.15) is 5.75 Å². The minimum atomic E-state index is 0.116. The van der Waals surface area contributed by atoms with Crippen LogP contribution in [0.15, 0.2) is 48.6 Å². The molecule has 24 heavy (non-hydrogen) atoms. The van der Waals surface area contributed by atoms with Crippen molar-refractivity contribution in [1.29, 1.82) is 0 Å². The minimum Gasteiger partial charge on any atom is -0.492 e. The van der Waals surface area contributed by atoms with E-state index in [1.54, 1.807) is 0 Å². The van der Waals surface area contributed by atoms with Crippen LogP contribution in [0.25, 0.3) is 0 Å². The van der Waals surface area contributed by atoms with E-state index in [1.807, 2.05) is 25.1 Å². The van der Waals surface area contributed by atoms with Crippen LogP contribution in [0.2, 0.25) is 10.0 Å². The lowest BCUT2D eigenvalue weighted by molar-refractivity contribution is 0.337. The SMILES string of the molecule is CCOc1cccc2c1N[C@H](c1cccc(Cl)c1Cl)[C@@H]1CC=C[C@@H]21. The Hall–Kier alpha value is -1.64. The van der Waals surface area contributed by atoms with Crippen molar-refractivity contribution in [3.63, 3.8) is 0 Å². The van der Waals surface area contributed by atoms with Gasteiger partial charge in [0, 0.05) is 5.92 Å². The fraction of sp³-hybridized carbons (Fsp3) is 0.300. The predicted molar refractivity (Wildman–Crippen MR) is 100 cm³/mol. The Morgan fingerprint density at radius 1 is 1.12 bits per heavy atom. The number of hydrogen-bond donors (Lipinski definition) is 1. The Kier molecular flexibility index (Phi) is 4.19. The lowest BCUT2D eigenvalue weighted by Crippen LogP contribution is -2.29. The van der Waals surface area contributed by atoms with Gasteiger partial charge in [0.25, 0.3) is 0 Å². The number of ether oxygens (including phenoxy) is 1. The number of allylic oxidation sites excluding steroid dienone is 2. The molecule has 1 heterocycles. The summed E-state index contributed by atoms with van der Waals surface area (Å²) in [6.45, 7) is 2.65. The second kappa shape index (κ2) is 6.34. The summed E-state index contributed by atoms with van der Waals surface area (Å²) in [6.07, 6.45) is 5.61. The number of nitrogens with one attached hydrogen (secondary N) is 1. The molecular formula is C20H19Cl2NO. The monoisotopic (exact) mass is 359 g/mol. The standard InChI is InChI=1S/C20H19Cl2NO/c1-2-24-17-11-5-8-14-12-6-3-7-13(12)19(23-20(14)17)15-9-4-10-16(21)18(15)22/h3-6,8-13,19,23H,2,7H2,1H3/t12-,13-,19+/m1/s1. The fourth-order valence-electron chi connectivity index (χ4n) is 3.94. The van der Waals surface area contributed by atoms with Crippen LogP contribution in [0, 0.1) is 5.92 Å². The minimum absolute atomic E-state index is 0.116. The van der Waals surface area contributed by atoms with E-state index in [9.17, 15) is 0 Å². The van der Waals surface area contributed by atoms with Crippen molar-refractivity contribution in [2.75, 3.05) is 11.9 Å². The van der Waals surface area contributed by atoms with Gasteiger partial charge in [-0.2, -0.15) is 0 Å². The van der Waals surface area contributed by atoms with E-state index in [0.29, 0.717) is 28.5 Å². The molecule has 0 amide bonds. The van der Waals surface area contributed by atoms with E-state index in [2.05, 4.69) is 35.7 Å². The van der Waals surface area contributed by atoms with Crippen LogP contribution >= 0.6 is 23.2 Å². The highest BCUT2D eigenvalue weighted by molar-refractivity contribution is 6.42. The third-order valence-corrected chi connectivity index (χ3v) is 5.81. The average molecular weight is 360 g/mol. The number of para-hydroxylation sites is 1. The second-order valence-electron chi connectivity index (χ2n) is 6.27. The second-order valence-corrected chi connectivity index (χ2v) is 7.06. The molecule has 2 aromatic carbocycles. The molecule has 1 N–H and O–H groups in total. The first-order chi connectivity index (χ1) is 11.7. The summed E-state index contributed by atoms with van der Waals surface area (Å²) >= 11 is 12.8. The first-order valence-corrected chi connectivity index (χ1v) is 9.09. The number of benzene rings is 2. The highest BCUT2D eigenvalue weighted by Crippen LogP contribution is 2.53. The Balaban J connectivity index is 1.83. The van der Waals surface area contributed by atoms with Gasteiger partial charge in [-0.1, -0.05) is 59.6 Å². The third kappa shape index (κ3) is 2.49. The molecule has 4 heteroatoms. The Morgan fingerprint density at radius 2 is 1.92 bits per heavy atom. The average Bonchev–Trinajstić information content (AvgIpc) is 3.07. The molecule has 0 saturated carbocycles. The predicted octanol–water partition coefficient (Wildman–Crippen LogP) is 6.22. The maximum atomic E-state index is 6.52.